The van der Waals surface area contributed by atoms with Gasteiger partial charge in [0.25, 0.3) is 0 Å². The van der Waals surface area contributed by atoms with Gasteiger partial charge in [0, 0.05) is 12.0 Å². The van der Waals surface area contributed by atoms with E-state index >= 15 is 0 Å². The summed E-state index contributed by atoms with van der Waals surface area (Å²) >= 11 is 0. The van der Waals surface area contributed by atoms with Gasteiger partial charge in [0.05, 0.1) is 5.92 Å². The highest BCUT2D eigenvalue weighted by molar-refractivity contribution is 5.87. The highest BCUT2D eigenvalue weighted by atomic mass is 16.5. The second kappa shape index (κ2) is 4.52. The Morgan fingerprint density at radius 3 is 2.76 bits per heavy atom. The van der Waals surface area contributed by atoms with Gasteiger partial charge in [-0.3, -0.25) is 4.79 Å². The van der Waals surface area contributed by atoms with Gasteiger partial charge in [-0.05, 0) is 17.9 Å². The van der Waals surface area contributed by atoms with E-state index in [4.69, 9.17) is 4.74 Å². The van der Waals surface area contributed by atoms with Crippen molar-refractivity contribution in [3.05, 3.63) is 29.8 Å². The predicted molar refractivity (Wildman–Crippen MR) is 68.4 cm³/mol. The van der Waals surface area contributed by atoms with Crippen LogP contribution in [0.25, 0.3) is 0 Å². The summed E-state index contributed by atoms with van der Waals surface area (Å²) in [7, 11) is 0. The molecule has 1 unspecified atom stereocenters. The van der Waals surface area contributed by atoms with Crippen molar-refractivity contribution < 1.29 is 9.53 Å². The van der Waals surface area contributed by atoms with Crippen LogP contribution in [0.3, 0.4) is 0 Å². The molecule has 1 heterocycles. The van der Waals surface area contributed by atoms with Gasteiger partial charge in [0.15, 0.2) is 0 Å². The molecule has 1 aliphatic rings. The minimum atomic E-state index is -0.0476. The first-order chi connectivity index (χ1) is 7.97. The minimum absolute atomic E-state index is 0.0476. The molecule has 0 fully saturated rings. The third kappa shape index (κ3) is 2.87. The van der Waals surface area contributed by atoms with E-state index in [-0.39, 0.29) is 11.3 Å². The average Bonchev–Trinajstić information content (AvgIpc) is 2.68. The van der Waals surface area contributed by atoms with Crippen LogP contribution in [-0.4, -0.2) is 12.4 Å². The zero-order chi connectivity index (χ0) is 12.5. The Hall–Kier alpha value is -1.31. The number of rotatable bonds is 3. The van der Waals surface area contributed by atoms with Gasteiger partial charge >= 0.3 is 0 Å². The maximum atomic E-state index is 12.2. The van der Waals surface area contributed by atoms with E-state index in [1.807, 2.05) is 24.3 Å². The second-order valence-corrected chi connectivity index (χ2v) is 5.93. The second-order valence-electron chi connectivity index (χ2n) is 5.93. The van der Waals surface area contributed by atoms with Gasteiger partial charge in [0.2, 0.25) is 0 Å². The molecule has 0 bridgehead atoms. The first kappa shape index (κ1) is 12.2. The van der Waals surface area contributed by atoms with E-state index in [1.54, 1.807) is 0 Å². The topological polar surface area (TPSA) is 26.3 Å². The fraction of sp³-hybridized carbons (Fsp3) is 0.533. The summed E-state index contributed by atoms with van der Waals surface area (Å²) in [4.78, 5) is 12.2. The number of benzene rings is 1. The van der Waals surface area contributed by atoms with Crippen LogP contribution in [0, 0.1) is 5.41 Å². The first-order valence-electron chi connectivity index (χ1n) is 6.22. The fourth-order valence-electron chi connectivity index (χ4n) is 2.10. The zero-order valence-corrected chi connectivity index (χ0v) is 10.8. The van der Waals surface area contributed by atoms with Gasteiger partial charge < -0.3 is 4.74 Å². The largest absolute Gasteiger partial charge is 0.492 e. The molecule has 2 heteroatoms. The normalized spacial score (nSPS) is 18.6. The van der Waals surface area contributed by atoms with Crippen molar-refractivity contribution in [1.82, 2.24) is 0 Å². The van der Waals surface area contributed by atoms with E-state index < -0.39 is 0 Å². The Morgan fingerprint density at radius 2 is 2.06 bits per heavy atom. The molecule has 1 aromatic rings. The smallest absolute Gasteiger partial charge is 0.143 e. The maximum Gasteiger partial charge on any atom is 0.143 e. The molecule has 0 saturated heterocycles. The Labute approximate surface area is 103 Å². The zero-order valence-electron chi connectivity index (χ0n) is 10.8. The highest BCUT2D eigenvalue weighted by Gasteiger charge is 2.30. The average molecular weight is 232 g/mol. The lowest BCUT2D eigenvalue weighted by Gasteiger charge is -2.18. The fourth-order valence-corrected chi connectivity index (χ4v) is 2.10. The Balaban J connectivity index is 2.03. The Morgan fingerprint density at radius 1 is 1.35 bits per heavy atom. The summed E-state index contributed by atoms with van der Waals surface area (Å²) < 4.78 is 5.54. The Bertz CT molecular complexity index is 415. The summed E-state index contributed by atoms with van der Waals surface area (Å²) in [6.07, 6.45) is 1.58. The number of ketones is 1. The number of hydrogen-bond donors (Lipinski definition) is 0. The van der Waals surface area contributed by atoms with E-state index in [9.17, 15) is 4.79 Å². The number of fused-ring (bicyclic) bond motifs is 1. The molecule has 0 spiro atoms. The van der Waals surface area contributed by atoms with Crippen molar-refractivity contribution >= 4 is 5.78 Å². The monoisotopic (exact) mass is 232 g/mol. The van der Waals surface area contributed by atoms with E-state index in [2.05, 4.69) is 20.8 Å². The lowest BCUT2D eigenvalue weighted by atomic mass is 9.86. The quantitative estimate of drug-likeness (QED) is 0.796. The molecule has 0 aromatic heterocycles. The van der Waals surface area contributed by atoms with Crippen LogP contribution in [0.15, 0.2) is 24.3 Å². The van der Waals surface area contributed by atoms with Crippen LogP contribution in [0.4, 0.5) is 0 Å². The third-order valence-electron chi connectivity index (χ3n) is 3.21. The minimum Gasteiger partial charge on any atom is -0.492 e. The molecule has 0 N–H and O–H groups in total. The van der Waals surface area contributed by atoms with Gasteiger partial charge in [-0.25, -0.2) is 0 Å². The van der Waals surface area contributed by atoms with Crippen molar-refractivity contribution in [2.75, 3.05) is 6.61 Å². The van der Waals surface area contributed by atoms with Crippen LogP contribution in [0.1, 0.15) is 45.1 Å². The number of ether oxygens (including phenoxy) is 1. The molecule has 2 nitrogen and oxygen atoms in total. The van der Waals surface area contributed by atoms with E-state index in [0.29, 0.717) is 18.8 Å². The maximum absolute atomic E-state index is 12.2. The van der Waals surface area contributed by atoms with Crippen LogP contribution < -0.4 is 4.74 Å². The van der Waals surface area contributed by atoms with E-state index in [1.165, 1.54) is 0 Å². The molecule has 92 valence electrons. The lowest BCUT2D eigenvalue weighted by molar-refractivity contribution is -0.121. The highest BCUT2D eigenvalue weighted by Crippen LogP contribution is 2.35. The molecular weight excluding hydrogens is 212 g/mol. The van der Waals surface area contributed by atoms with Gasteiger partial charge in [0.1, 0.15) is 18.1 Å². The summed E-state index contributed by atoms with van der Waals surface area (Å²) in [6, 6.07) is 7.85. The summed E-state index contributed by atoms with van der Waals surface area (Å²) in [5.41, 5.74) is 1.28. The van der Waals surface area contributed by atoms with Crippen LogP contribution in [0.2, 0.25) is 0 Å². The third-order valence-corrected chi connectivity index (χ3v) is 3.21. The van der Waals surface area contributed by atoms with E-state index in [0.717, 1.165) is 17.7 Å². The van der Waals surface area contributed by atoms with Gasteiger partial charge in [-0.15, -0.1) is 0 Å². The number of para-hydroxylation sites is 1. The van der Waals surface area contributed by atoms with Crippen LogP contribution >= 0.6 is 0 Å². The molecule has 1 atom stereocenters. The standard InChI is InChI=1S/C15H20O2/c1-15(2,3)9-8-13(16)12-10-17-14-7-5-4-6-11(12)14/h4-7,12H,8-10H2,1-3H3. The molecule has 1 aliphatic heterocycles. The van der Waals surface area contributed by atoms with Gasteiger partial charge in [-0.1, -0.05) is 39.0 Å². The summed E-state index contributed by atoms with van der Waals surface area (Å²) in [5, 5.41) is 0. The van der Waals surface area contributed by atoms with Crippen molar-refractivity contribution in [3.8, 4) is 5.75 Å². The predicted octanol–water partition coefficient (Wildman–Crippen LogP) is 3.56. The number of Topliss-reactive ketones (excluding diaryl/α,β-unsaturated/α-hetero) is 1. The molecular formula is C15H20O2. The number of carbonyl (C=O) groups is 1. The van der Waals surface area contributed by atoms with Crippen LogP contribution in [0.5, 0.6) is 5.75 Å². The molecule has 2 rings (SSSR count). The van der Waals surface area contributed by atoms with Crippen molar-refractivity contribution in [2.24, 2.45) is 5.41 Å². The SMILES string of the molecule is CC(C)(C)CCC(=O)C1COc2ccccc21. The molecule has 1 aromatic carbocycles. The molecule has 17 heavy (non-hydrogen) atoms. The number of carbonyl (C=O) groups excluding carboxylic acids is 1. The Kier molecular flexibility index (Phi) is 3.23. The summed E-state index contributed by atoms with van der Waals surface area (Å²) in [5.74, 6) is 1.14. The molecule has 0 amide bonds. The summed E-state index contributed by atoms with van der Waals surface area (Å²) in [6.45, 7) is 7.01. The number of hydrogen-bond acceptors (Lipinski definition) is 2. The molecule has 0 saturated carbocycles. The van der Waals surface area contributed by atoms with Crippen LogP contribution in [-0.2, 0) is 4.79 Å². The van der Waals surface area contributed by atoms with Gasteiger partial charge in [-0.2, -0.15) is 0 Å². The molecule has 0 aliphatic carbocycles. The lowest BCUT2D eigenvalue weighted by Crippen LogP contribution is -2.16. The van der Waals surface area contributed by atoms with Crippen molar-refractivity contribution in [1.29, 1.82) is 0 Å². The van der Waals surface area contributed by atoms with Crippen molar-refractivity contribution in [2.45, 2.75) is 39.5 Å². The molecule has 0 radical (unpaired) electrons. The first-order valence-corrected chi connectivity index (χ1v) is 6.22. The van der Waals surface area contributed by atoms with Crippen molar-refractivity contribution in [3.63, 3.8) is 0 Å².